The van der Waals surface area contributed by atoms with Crippen LogP contribution in [0, 0.1) is 6.92 Å². The van der Waals surface area contributed by atoms with Crippen LogP contribution in [-0.2, 0) is 16.0 Å². The number of carbonyl (C=O) groups is 2. The molecular formula is C20H20N4O3S2. The van der Waals surface area contributed by atoms with Gasteiger partial charge in [-0.2, -0.15) is 0 Å². The van der Waals surface area contributed by atoms with Crippen molar-refractivity contribution < 1.29 is 14.3 Å². The van der Waals surface area contributed by atoms with Crippen LogP contribution in [0.4, 0.5) is 10.3 Å². The minimum Gasteiger partial charge on any atom is -0.497 e. The van der Waals surface area contributed by atoms with Crippen LogP contribution in [0.3, 0.4) is 0 Å². The lowest BCUT2D eigenvalue weighted by Gasteiger charge is -2.10. The van der Waals surface area contributed by atoms with Crippen LogP contribution in [0.2, 0.25) is 0 Å². The fraction of sp³-hybridized carbons (Fsp3) is 0.300. The maximum Gasteiger partial charge on any atom is 0.232 e. The fourth-order valence-corrected chi connectivity index (χ4v) is 4.87. The maximum absolute atomic E-state index is 12.4. The zero-order valence-electron chi connectivity index (χ0n) is 16.1. The molecule has 1 aromatic carbocycles. The quantitative estimate of drug-likeness (QED) is 0.644. The SMILES string of the molecule is COc1ccc(-c2nc(NC(=O)Cc3csc(N4CCCC4=O)n3)sc2C)cc1. The number of anilines is 2. The van der Waals surface area contributed by atoms with E-state index in [0.717, 1.165) is 28.3 Å². The number of carbonyl (C=O) groups excluding carboxylic acids is 2. The highest BCUT2D eigenvalue weighted by molar-refractivity contribution is 7.16. The first-order valence-electron chi connectivity index (χ1n) is 9.20. The van der Waals surface area contributed by atoms with E-state index in [1.54, 1.807) is 12.0 Å². The molecule has 0 spiro atoms. The van der Waals surface area contributed by atoms with Crippen molar-refractivity contribution in [3.05, 3.63) is 40.2 Å². The molecule has 0 aliphatic carbocycles. The van der Waals surface area contributed by atoms with Crippen LogP contribution < -0.4 is 15.0 Å². The van der Waals surface area contributed by atoms with Gasteiger partial charge in [0, 0.05) is 28.8 Å². The standard InChI is InChI=1S/C20H20N4O3S2/c1-12-18(13-5-7-15(27-2)8-6-13)23-19(29-12)22-16(25)10-14-11-28-20(21-14)24-9-3-4-17(24)26/h5-8,11H,3-4,9-10H2,1-2H3,(H,22,23,25). The normalized spacial score (nSPS) is 13.7. The summed E-state index contributed by atoms with van der Waals surface area (Å²) < 4.78 is 5.19. The van der Waals surface area contributed by atoms with Gasteiger partial charge in [-0.25, -0.2) is 9.97 Å². The summed E-state index contributed by atoms with van der Waals surface area (Å²) in [6, 6.07) is 7.67. The predicted octanol–water partition coefficient (Wildman–Crippen LogP) is 3.89. The Kier molecular flexibility index (Phi) is 5.59. The number of nitrogens with one attached hydrogen (secondary N) is 1. The summed E-state index contributed by atoms with van der Waals surface area (Å²) in [6.45, 7) is 2.68. The largest absolute Gasteiger partial charge is 0.497 e. The summed E-state index contributed by atoms with van der Waals surface area (Å²) >= 11 is 2.84. The third-order valence-corrected chi connectivity index (χ3v) is 6.39. The van der Waals surface area contributed by atoms with Crippen molar-refractivity contribution in [2.75, 3.05) is 23.9 Å². The van der Waals surface area contributed by atoms with Crippen molar-refractivity contribution in [2.45, 2.75) is 26.2 Å². The van der Waals surface area contributed by atoms with Crippen molar-refractivity contribution in [3.8, 4) is 17.0 Å². The minimum absolute atomic E-state index is 0.0969. The van der Waals surface area contributed by atoms with E-state index in [1.165, 1.54) is 22.7 Å². The molecule has 29 heavy (non-hydrogen) atoms. The predicted molar refractivity (Wildman–Crippen MR) is 115 cm³/mol. The average Bonchev–Trinajstić information content (AvgIpc) is 3.42. The van der Waals surface area contributed by atoms with Crippen LogP contribution in [0.25, 0.3) is 11.3 Å². The lowest BCUT2D eigenvalue weighted by molar-refractivity contribution is -0.117. The van der Waals surface area contributed by atoms with Crippen molar-refractivity contribution in [2.24, 2.45) is 0 Å². The van der Waals surface area contributed by atoms with Gasteiger partial charge in [-0.05, 0) is 37.6 Å². The highest BCUT2D eigenvalue weighted by Gasteiger charge is 2.24. The van der Waals surface area contributed by atoms with Gasteiger partial charge in [-0.1, -0.05) is 0 Å². The Bertz CT molecular complexity index is 1040. The Morgan fingerprint density at radius 2 is 2.07 bits per heavy atom. The molecule has 7 nitrogen and oxygen atoms in total. The van der Waals surface area contributed by atoms with E-state index in [0.29, 0.717) is 28.9 Å². The van der Waals surface area contributed by atoms with Crippen molar-refractivity contribution >= 4 is 44.8 Å². The number of methoxy groups -OCH3 is 1. The Balaban J connectivity index is 1.41. The van der Waals surface area contributed by atoms with E-state index in [4.69, 9.17) is 4.74 Å². The molecule has 150 valence electrons. The van der Waals surface area contributed by atoms with Gasteiger partial charge in [0.2, 0.25) is 11.8 Å². The molecule has 4 rings (SSSR count). The molecule has 1 saturated heterocycles. The smallest absolute Gasteiger partial charge is 0.232 e. The van der Waals surface area contributed by atoms with Gasteiger partial charge in [0.05, 0.1) is 24.9 Å². The summed E-state index contributed by atoms with van der Waals surface area (Å²) in [4.78, 5) is 36.0. The second kappa shape index (κ2) is 8.30. The van der Waals surface area contributed by atoms with Gasteiger partial charge in [0.15, 0.2) is 10.3 Å². The van der Waals surface area contributed by atoms with E-state index >= 15 is 0 Å². The molecule has 1 fully saturated rings. The Morgan fingerprint density at radius 3 is 2.76 bits per heavy atom. The number of ether oxygens (including phenoxy) is 1. The number of rotatable bonds is 6. The lowest BCUT2D eigenvalue weighted by Crippen LogP contribution is -2.23. The van der Waals surface area contributed by atoms with Crippen molar-refractivity contribution in [1.29, 1.82) is 0 Å². The number of benzene rings is 1. The minimum atomic E-state index is -0.176. The highest BCUT2D eigenvalue weighted by Crippen LogP contribution is 2.31. The third-order valence-electron chi connectivity index (χ3n) is 4.59. The molecule has 9 heteroatoms. The number of amides is 2. The fourth-order valence-electron chi connectivity index (χ4n) is 3.15. The van der Waals surface area contributed by atoms with Crippen LogP contribution in [-0.4, -0.2) is 35.4 Å². The second-order valence-corrected chi connectivity index (χ2v) is 8.69. The van der Waals surface area contributed by atoms with E-state index in [-0.39, 0.29) is 18.2 Å². The molecule has 0 atom stereocenters. The molecule has 0 unspecified atom stereocenters. The highest BCUT2D eigenvalue weighted by atomic mass is 32.1. The molecule has 1 aliphatic heterocycles. The molecule has 3 heterocycles. The summed E-state index contributed by atoms with van der Waals surface area (Å²) in [5.41, 5.74) is 2.47. The molecule has 0 saturated carbocycles. The number of aryl methyl sites for hydroxylation is 1. The molecule has 2 amide bonds. The average molecular weight is 429 g/mol. The number of aromatic nitrogens is 2. The van der Waals surface area contributed by atoms with E-state index in [1.807, 2.05) is 36.6 Å². The summed E-state index contributed by atoms with van der Waals surface area (Å²) in [5.74, 6) is 0.706. The molecule has 0 radical (unpaired) electrons. The van der Waals surface area contributed by atoms with E-state index in [9.17, 15) is 9.59 Å². The number of nitrogens with zero attached hydrogens (tertiary/aromatic N) is 3. The second-order valence-electron chi connectivity index (χ2n) is 6.65. The van der Waals surface area contributed by atoms with Crippen molar-refractivity contribution in [1.82, 2.24) is 9.97 Å². The Morgan fingerprint density at radius 1 is 1.28 bits per heavy atom. The first kappa shape index (κ1) is 19.5. The van der Waals surface area contributed by atoms with E-state index in [2.05, 4.69) is 15.3 Å². The van der Waals surface area contributed by atoms with Gasteiger partial charge in [-0.15, -0.1) is 22.7 Å². The zero-order valence-corrected chi connectivity index (χ0v) is 17.7. The summed E-state index contributed by atoms with van der Waals surface area (Å²) in [7, 11) is 1.63. The first-order chi connectivity index (χ1) is 14.0. The first-order valence-corrected chi connectivity index (χ1v) is 10.9. The molecule has 1 aliphatic rings. The topological polar surface area (TPSA) is 84.4 Å². The van der Waals surface area contributed by atoms with Gasteiger partial charge < -0.3 is 10.1 Å². The van der Waals surface area contributed by atoms with Crippen LogP contribution in [0.1, 0.15) is 23.4 Å². The number of thiazole rings is 2. The van der Waals surface area contributed by atoms with E-state index < -0.39 is 0 Å². The molecule has 1 N–H and O–H groups in total. The Labute approximate surface area is 176 Å². The van der Waals surface area contributed by atoms with Crippen LogP contribution in [0.15, 0.2) is 29.6 Å². The number of hydrogen-bond donors (Lipinski definition) is 1. The molecule has 2 aromatic heterocycles. The lowest BCUT2D eigenvalue weighted by atomic mass is 10.1. The molecule has 0 bridgehead atoms. The van der Waals surface area contributed by atoms with Gasteiger partial charge in [0.1, 0.15) is 5.75 Å². The zero-order chi connectivity index (χ0) is 20.4. The van der Waals surface area contributed by atoms with Crippen molar-refractivity contribution in [3.63, 3.8) is 0 Å². The third kappa shape index (κ3) is 4.30. The molecule has 3 aromatic rings. The van der Waals surface area contributed by atoms with Gasteiger partial charge in [-0.3, -0.25) is 14.5 Å². The van der Waals surface area contributed by atoms with Crippen LogP contribution >= 0.6 is 22.7 Å². The monoisotopic (exact) mass is 428 g/mol. The Hall–Kier alpha value is -2.78. The number of hydrogen-bond acceptors (Lipinski definition) is 7. The summed E-state index contributed by atoms with van der Waals surface area (Å²) in [5, 5.41) is 5.92. The van der Waals surface area contributed by atoms with Crippen LogP contribution in [0.5, 0.6) is 5.75 Å². The maximum atomic E-state index is 12.4. The summed E-state index contributed by atoms with van der Waals surface area (Å²) in [6.07, 6.45) is 1.57. The van der Waals surface area contributed by atoms with Gasteiger partial charge in [0.25, 0.3) is 0 Å². The molecular weight excluding hydrogens is 408 g/mol. The van der Waals surface area contributed by atoms with Gasteiger partial charge >= 0.3 is 0 Å².